The molecule has 0 saturated carbocycles. The molecule has 120 valence electrons. The van der Waals surface area contributed by atoms with Gasteiger partial charge in [0.25, 0.3) is 5.91 Å². The molecular weight excluding hydrogens is 304 g/mol. The topological polar surface area (TPSA) is 68.8 Å². The first-order chi connectivity index (χ1) is 11.8. The highest BCUT2D eigenvalue weighted by atomic mass is 16.2. The van der Waals surface area contributed by atoms with Crippen LogP contribution < -0.4 is 4.90 Å². The minimum atomic E-state index is -0.0809. The molecule has 0 bridgehead atoms. The average molecular weight is 320 g/mol. The van der Waals surface area contributed by atoms with E-state index in [4.69, 9.17) is 0 Å². The van der Waals surface area contributed by atoms with Gasteiger partial charge in [0.05, 0.1) is 6.33 Å². The van der Waals surface area contributed by atoms with Gasteiger partial charge in [0.2, 0.25) is 5.95 Å². The van der Waals surface area contributed by atoms with Gasteiger partial charge in [-0.3, -0.25) is 9.69 Å². The van der Waals surface area contributed by atoms with Crippen molar-refractivity contribution in [1.82, 2.24) is 24.3 Å². The van der Waals surface area contributed by atoms with E-state index in [2.05, 4.69) is 15.1 Å². The van der Waals surface area contributed by atoms with Crippen LogP contribution in [0.4, 0.5) is 5.95 Å². The summed E-state index contributed by atoms with van der Waals surface area (Å²) in [5, 5.41) is 4.12. The molecule has 0 saturated heterocycles. The molecule has 7 nitrogen and oxygen atoms in total. The Hall–Kier alpha value is -3.22. The Morgan fingerprint density at radius 3 is 2.83 bits per heavy atom. The van der Waals surface area contributed by atoms with E-state index in [-0.39, 0.29) is 5.91 Å². The first-order valence-corrected chi connectivity index (χ1v) is 7.77. The number of anilines is 1. The summed E-state index contributed by atoms with van der Waals surface area (Å²) in [6.07, 6.45) is 11.1. The number of fused-ring (bicyclic) bond motifs is 1. The normalized spacial score (nSPS) is 14.1. The molecule has 1 aliphatic rings. The second-order valence-corrected chi connectivity index (χ2v) is 5.52. The zero-order valence-corrected chi connectivity index (χ0v) is 13.0. The van der Waals surface area contributed by atoms with E-state index in [1.807, 2.05) is 41.1 Å². The van der Waals surface area contributed by atoms with E-state index in [1.165, 1.54) is 6.33 Å². The monoisotopic (exact) mass is 320 g/mol. The Labute approximate surface area is 138 Å². The summed E-state index contributed by atoms with van der Waals surface area (Å²) in [6, 6.07) is 7.92. The van der Waals surface area contributed by atoms with Crippen molar-refractivity contribution in [2.75, 3.05) is 11.4 Å². The molecule has 1 aliphatic heterocycles. The molecule has 0 radical (unpaired) electrons. The molecule has 0 atom stereocenters. The molecule has 0 spiro atoms. The van der Waals surface area contributed by atoms with Gasteiger partial charge in [-0.1, -0.05) is 12.1 Å². The van der Waals surface area contributed by atoms with Crippen molar-refractivity contribution < 1.29 is 4.79 Å². The first kappa shape index (κ1) is 14.4. The number of amides is 1. The molecule has 7 heteroatoms. The van der Waals surface area contributed by atoms with Gasteiger partial charge in [-0.2, -0.15) is 10.1 Å². The summed E-state index contributed by atoms with van der Waals surface area (Å²) in [5.41, 5.74) is 1.99. The standard InChI is InChI=1S/C17H16N6O/c24-16(22-9-1-10-23-17(22)19-12-20-23)7-4-14-2-5-15(6-3-14)21-11-8-18-13-21/h2-8,11-13H,1,9-10H2. The van der Waals surface area contributed by atoms with Gasteiger partial charge in [-0.05, 0) is 30.2 Å². The summed E-state index contributed by atoms with van der Waals surface area (Å²) in [4.78, 5) is 22.3. The maximum absolute atomic E-state index is 12.4. The minimum absolute atomic E-state index is 0.0809. The molecule has 3 heterocycles. The average Bonchev–Trinajstić information content (AvgIpc) is 3.31. The van der Waals surface area contributed by atoms with Crippen LogP contribution in [0.25, 0.3) is 11.8 Å². The Morgan fingerprint density at radius 2 is 2.04 bits per heavy atom. The van der Waals surface area contributed by atoms with Crippen LogP contribution in [-0.2, 0) is 11.3 Å². The van der Waals surface area contributed by atoms with Crippen LogP contribution in [0.1, 0.15) is 12.0 Å². The van der Waals surface area contributed by atoms with Crippen LogP contribution in [0.5, 0.6) is 0 Å². The predicted molar refractivity (Wildman–Crippen MR) is 89.6 cm³/mol. The van der Waals surface area contributed by atoms with Gasteiger partial charge in [-0.15, -0.1) is 0 Å². The number of aromatic nitrogens is 5. The highest BCUT2D eigenvalue weighted by molar-refractivity contribution is 6.02. The van der Waals surface area contributed by atoms with Crippen molar-refractivity contribution in [1.29, 1.82) is 0 Å². The van der Waals surface area contributed by atoms with Gasteiger partial charge in [0.15, 0.2) is 0 Å². The summed E-state index contributed by atoms with van der Waals surface area (Å²) < 4.78 is 3.69. The molecule has 0 unspecified atom stereocenters. The Bertz CT molecular complexity index is 863. The van der Waals surface area contributed by atoms with E-state index in [0.717, 1.165) is 24.2 Å². The number of nitrogens with zero attached hydrogens (tertiary/aromatic N) is 6. The summed E-state index contributed by atoms with van der Waals surface area (Å²) in [5.74, 6) is 0.536. The zero-order chi connectivity index (χ0) is 16.4. The molecule has 0 aliphatic carbocycles. The molecule has 24 heavy (non-hydrogen) atoms. The SMILES string of the molecule is O=C(C=Cc1ccc(-n2ccnc2)cc1)N1CCCn2ncnc21. The van der Waals surface area contributed by atoms with Crippen molar-refractivity contribution in [3.05, 3.63) is 61.0 Å². The number of hydrogen-bond acceptors (Lipinski definition) is 4. The highest BCUT2D eigenvalue weighted by Gasteiger charge is 2.22. The molecule has 1 amide bonds. The van der Waals surface area contributed by atoms with E-state index >= 15 is 0 Å². The third kappa shape index (κ3) is 2.71. The first-order valence-electron chi connectivity index (χ1n) is 7.77. The highest BCUT2D eigenvalue weighted by Crippen LogP contribution is 2.17. The van der Waals surface area contributed by atoms with E-state index in [1.54, 1.807) is 28.2 Å². The van der Waals surface area contributed by atoms with Crippen LogP contribution in [0, 0.1) is 0 Å². The van der Waals surface area contributed by atoms with Crippen molar-refractivity contribution in [2.24, 2.45) is 0 Å². The number of hydrogen-bond donors (Lipinski definition) is 0. The Kier molecular flexibility index (Phi) is 3.66. The van der Waals surface area contributed by atoms with Crippen molar-refractivity contribution in [3.63, 3.8) is 0 Å². The Balaban J connectivity index is 1.48. The molecule has 0 N–H and O–H groups in total. The van der Waals surface area contributed by atoms with Gasteiger partial charge in [0.1, 0.15) is 6.33 Å². The lowest BCUT2D eigenvalue weighted by atomic mass is 10.2. The van der Waals surface area contributed by atoms with Gasteiger partial charge < -0.3 is 4.57 Å². The molecule has 0 fully saturated rings. The van der Waals surface area contributed by atoms with E-state index in [0.29, 0.717) is 12.5 Å². The van der Waals surface area contributed by atoms with Crippen LogP contribution in [-0.4, -0.2) is 36.8 Å². The van der Waals surface area contributed by atoms with E-state index in [9.17, 15) is 4.79 Å². The number of aryl methyl sites for hydroxylation is 1. The molecule has 2 aromatic heterocycles. The van der Waals surface area contributed by atoms with Crippen molar-refractivity contribution in [2.45, 2.75) is 13.0 Å². The number of imidazole rings is 1. The third-order valence-electron chi connectivity index (χ3n) is 3.97. The quantitative estimate of drug-likeness (QED) is 0.691. The zero-order valence-electron chi connectivity index (χ0n) is 13.0. The molecule has 1 aromatic carbocycles. The van der Waals surface area contributed by atoms with Crippen LogP contribution >= 0.6 is 0 Å². The van der Waals surface area contributed by atoms with Crippen LogP contribution in [0.3, 0.4) is 0 Å². The van der Waals surface area contributed by atoms with Gasteiger partial charge in [0, 0.05) is 37.2 Å². The number of carbonyl (C=O) groups is 1. The Morgan fingerprint density at radius 1 is 1.17 bits per heavy atom. The van der Waals surface area contributed by atoms with Gasteiger partial charge >= 0.3 is 0 Å². The maximum atomic E-state index is 12.4. The molecular formula is C17H16N6O. The van der Waals surface area contributed by atoms with E-state index < -0.39 is 0 Å². The summed E-state index contributed by atoms with van der Waals surface area (Å²) in [7, 11) is 0. The number of carbonyl (C=O) groups excluding carboxylic acids is 1. The number of benzene rings is 1. The van der Waals surface area contributed by atoms with Gasteiger partial charge in [-0.25, -0.2) is 9.67 Å². The lowest BCUT2D eigenvalue weighted by molar-refractivity contribution is -0.114. The number of rotatable bonds is 3. The third-order valence-corrected chi connectivity index (χ3v) is 3.97. The predicted octanol–water partition coefficient (Wildman–Crippen LogP) is 1.91. The summed E-state index contributed by atoms with van der Waals surface area (Å²) >= 11 is 0. The maximum Gasteiger partial charge on any atom is 0.253 e. The lowest BCUT2D eigenvalue weighted by Crippen LogP contribution is -2.37. The molecule has 3 aromatic rings. The minimum Gasteiger partial charge on any atom is -0.306 e. The fourth-order valence-electron chi connectivity index (χ4n) is 2.74. The second kappa shape index (κ2) is 6.11. The smallest absolute Gasteiger partial charge is 0.253 e. The van der Waals surface area contributed by atoms with Crippen molar-refractivity contribution in [3.8, 4) is 5.69 Å². The largest absolute Gasteiger partial charge is 0.306 e. The molecule has 4 rings (SSSR count). The van der Waals surface area contributed by atoms with Crippen LogP contribution in [0.2, 0.25) is 0 Å². The fraction of sp³-hybridized carbons (Fsp3) is 0.176. The fourth-order valence-corrected chi connectivity index (χ4v) is 2.74. The summed E-state index contributed by atoms with van der Waals surface area (Å²) in [6.45, 7) is 1.47. The van der Waals surface area contributed by atoms with Crippen LogP contribution in [0.15, 0.2) is 55.4 Å². The van der Waals surface area contributed by atoms with Crippen molar-refractivity contribution >= 4 is 17.9 Å². The second-order valence-electron chi connectivity index (χ2n) is 5.52. The lowest BCUT2D eigenvalue weighted by Gasteiger charge is -2.24.